The van der Waals surface area contributed by atoms with Crippen molar-refractivity contribution in [1.82, 2.24) is 9.80 Å². The molecular weight excluding hydrogens is 330 g/mol. The molecule has 1 aliphatic heterocycles. The molecule has 1 aliphatic rings. The van der Waals surface area contributed by atoms with Gasteiger partial charge >= 0.3 is 0 Å². The Morgan fingerprint density at radius 3 is 2.33 bits per heavy atom. The van der Waals surface area contributed by atoms with Gasteiger partial charge in [0.2, 0.25) is 5.91 Å². The van der Waals surface area contributed by atoms with E-state index in [2.05, 4.69) is 22.0 Å². The molecule has 0 bridgehead atoms. The molecule has 24 heavy (non-hydrogen) atoms. The number of likely N-dealkylation sites (N-methyl/N-ethyl adjacent to an activating group) is 1. The summed E-state index contributed by atoms with van der Waals surface area (Å²) in [6.45, 7) is 8.19. The first-order chi connectivity index (χ1) is 11.6. The molecule has 1 heterocycles. The van der Waals surface area contributed by atoms with Crippen LogP contribution in [0.2, 0.25) is 5.02 Å². The number of nitrogens with zero attached hydrogens (tertiary/aromatic N) is 2. The molecule has 1 amide bonds. The number of methoxy groups -OCH3 is 2. The molecule has 1 aromatic rings. The summed E-state index contributed by atoms with van der Waals surface area (Å²) in [4.78, 5) is 17.0. The molecule has 0 spiro atoms. The van der Waals surface area contributed by atoms with E-state index in [1.54, 1.807) is 19.2 Å². The van der Waals surface area contributed by atoms with E-state index in [-0.39, 0.29) is 5.91 Å². The van der Waals surface area contributed by atoms with Crippen molar-refractivity contribution in [2.75, 3.05) is 58.8 Å². The molecule has 0 radical (unpaired) electrons. The van der Waals surface area contributed by atoms with Crippen molar-refractivity contribution in [3.8, 4) is 11.5 Å². The average molecular weight is 356 g/mol. The Morgan fingerprint density at radius 2 is 1.75 bits per heavy atom. The number of halogens is 1. The minimum Gasteiger partial charge on any atom is -0.495 e. The zero-order valence-corrected chi connectivity index (χ0v) is 15.4. The van der Waals surface area contributed by atoms with Gasteiger partial charge in [0.05, 0.1) is 24.9 Å². The maximum Gasteiger partial charge on any atom is 0.225 e. The summed E-state index contributed by atoms with van der Waals surface area (Å²) in [5.41, 5.74) is 0.569. The molecule has 0 aliphatic carbocycles. The Bertz CT molecular complexity index is 560. The van der Waals surface area contributed by atoms with Gasteiger partial charge in [-0.3, -0.25) is 4.79 Å². The number of nitrogens with one attached hydrogen (secondary N) is 1. The van der Waals surface area contributed by atoms with E-state index in [1.807, 2.05) is 0 Å². The van der Waals surface area contributed by atoms with Gasteiger partial charge in [-0.2, -0.15) is 0 Å². The second kappa shape index (κ2) is 9.11. The number of hydrogen-bond donors (Lipinski definition) is 1. The van der Waals surface area contributed by atoms with Crippen LogP contribution in [-0.4, -0.2) is 69.2 Å². The number of carbonyl (C=O) groups excluding carboxylic acids is 1. The van der Waals surface area contributed by atoms with Crippen LogP contribution in [0.5, 0.6) is 11.5 Å². The Hall–Kier alpha value is -1.50. The van der Waals surface area contributed by atoms with E-state index in [4.69, 9.17) is 21.1 Å². The third-order valence-electron chi connectivity index (χ3n) is 4.32. The molecule has 1 aromatic carbocycles. The lowest BCUT2D eigenvalue weighted by atomic mass is 10.2. The van der Waals surface area contributed by atoms with Gasteiger partial charge in [0.25, 0.3) is 0 Å². The molecule has 2 rings (SSSR count). The minimum atomic E-state index is -0.0457. The monoisotopic (exact) mass is 355 g/mol. The highest BCUT2D eigenvalue weighted by Crippen LogP contribution is 2.35. The summed E-state index contributed by atoms with van der Waals surface area (Å²) >= 11 is 6.07. The van der Waals surface area contributed by atoms with Crippen molar-refractivity contribution in [3.05, 3.63) is 17.2 Å². The van der Waals surface area contributed by atoms with Crippen LogP contribution in [0.4, 0.5) is 5.69 Å². The van der Waals surface area contributed by atoms with Gasteiger partial charge in [-0.25, -0.2) is 0 Å². The van der Waals surface area contributed by atoms with Gasteiger partial charge in [0, 0.05) is 51.3 Å². The van der Waals surface area contributed by atoms with Crippen molar-refractivity contribution >= 4 is 23.2 Å². The third-order valence-corrected chi connectivity index (χ3v) is 4.61. The lowest BCUT2D eigenvalue weighted by Crippen LogP contribution is -2.46. The Balaban J connectivity index is 1.88. The number of rotatable bonds is 7. The van der Waals surface area contributed by atoms with Crippen LogP contribution in [-0.2, 0) is 4.79 Å². The first-order valence-corrected chi connectivity index (χ1v) is 8.61. The topological polar surface area (TPSA) is 54.0 Å². The van der Waals surface area contributed by atoms with Crippen molar-refractivity contribution < 1.29 is 14.3 Å². The summed E-state index contributed by atoms with van der Waals surface area (Å²) in [6.07, 6.45) is 0.445. The highest BCUT2D eigenvalue weighted by atomic mass is 35.5. The highest BCUT2D eigenvalue weighted by Gasteiger charge is 2.17. The summed E-state index contributed by atoms with van der Waals surface area (Å²) in [5.74, 6) is 0.977. The molecule has 0 atom stereocenters. The van der Waals surface area contributed by atoms with Crippen LogP contribution in [0.3, 0.4) is 0 Å². The lowest BCUT2D eigenvalue weighted by molar-refractivity contribution is -0.116. The largest absolute Gasteiger partial charge is 0.495 e. The zero-order valence-electron chi connectivity index (χ0n) is 14.6. The Kier molecular flexibility index (Phi) is 7.15. The number of carbonyl (C=O) groups is 1. The summed E-state index contributed by atoms with van der Waals surface area (Å²) in [5, 5.41) is 3.33. The van der Waals surface area contributed by atoms with Gasteiger partial charge in [-0.15, -0.1) is 0 Å². The first-order valence-electron chi connectivity index (χ1n) is 8.23. The molecule has 0 saturated carbocycles. The summed E-state index contributed by atoms with van der Waals surface area (Å²) < 4.78 is 10.5. The fourth-order valence-electron chi connectivity index (χ4n) is 2.76. The Labute approximate surface area is 148 Å². The molecule has 1 N–H and O–H groups in total. The number of ether oxygens (including phenoxy) is 2. The number of anilines is 1. The Morgan fingerprint density at radius 1 is 1.12 bits per heavy atom. The van der Waals surface area contributed by atoms with Gasteiger partial charge in [0.1, 0.15) is 11.5 Å². The second-order valence-corrected chi connectivity index (χ2v) is 6.17. The smallest absolute Gasteiger partial charge is 0.225 e. The molecule has 6 nitrogen and oxygen atoms in total. The van der Waals surface area contributed by atoms with Crippen LogP contribution in [0.1, 0.15) is 13.3 Å². The van der Waals surface area contributed by atoms with Gasteiger partial charge in [-0.1, -0.05) is 18.5 Å². The highest BCUT2D eigenvalue weighted by molar-refractivity contribution is 6.32. The minimum absolute atomic E-state index is 0.0457. The summed E-state index contributed by atoms with van der Waals surface area (Å²) in [6, 6.07) is 3.32. The van der Waals surface area contributed by atoms with E-state index < -0.39 is 0 Å². The third kappa shape index (κ3) is 5.00. The zero-order chi connectivity index (χ0) is 17.5. The summed E-state index contributed by atoms with van der Waals surface area (Å²) in [7, 11) is 3.08. The number of hydrogen-bond acceptors (Lipinski definition) is 5. The first kappa shape index (κ1) is 18.8. The van der Waals surface area contributed by atoms with Crippen LogP contribution < -0.4 is 14.8 Å². The van der Waals surface area contributed by atoms with Crippen LogP contribution in [0, 0.1) is 0 Å². The van der Waals surface area contributed by atoms with Crippen LogP contribution in [0.15, 0.2) is 12.1 Å². The van der Waals surface area contributed by atoms with Gasteiger partial charge < -0.3 is 24.6 Å². The van der Waals surface area contributed by atoms with Crippen LogP contribution in [0.25, 0.3) is 0 Å². The molecule has 7 heteroatoms. The van der Waals surface area contributed by atoms with E-state index in [1.165, 1.54) is 7.11 Å². The van der Waals surface area contributed by atoms with Crippen molar-refractivity contribution in [1.29, 1.82) is 0 Å². The van der Waals surface area contributed by atoms with Crippen molar-refractivity contribution in [3.63, 3.8) is 0 Å². The maximum atomic E-state index is 12.3. The standard InChI is InChI=1S/C17H26ClN3O3/c1-4-20-7-9-21(10-8-20)6-5-17(22)19-14-12-15(23-2)13(18)11-16(14)24-3/h11-12H,4-10H2,1-3H3,(H,19,22). The lowest BCUT2D eigenvalue weighted by Gasteiger charge is -2.33. The number of benzene rings is 1. The maximum absolute atomic E-state index is 12.3. The van der Waals surface area contributed by atoms with Gasteiger partial charge in [-0.05, 0) is 6.54 Å². The molecule has 0 unspecified atom stereocenters. The second-order valence-electron chi connectivity index (χ2n) is 5.76. The SMILES string of the molecule is CCN1CCN(CCC(=O)Nc2cc(OC)c(Cl)cc2OC)CC1. The van der Waals surface area contributed by atoms with Crippen molar-refractivity contribution in [2.24, 2.45) is 0 Å². The van der Waals surface area contributed by atoms with Crippen LogP contribution >= 0.6 is 11.6 Å². The molecule has 0 aromatic heterocycles. The fourth-order valence-corrected chi connectivity index (χ4v) is 2.99. The molecule has 1 saturated heterocycles. The van der Waals surface area contributed by atoms with E-state index in [0.717, 1.165) is 39.3 Å². The van der Waals surface area contributed by atoms with Gasteiger partial charge in [0.15, 0.2) is 0 Å². The average Bonchev–Trinajstić information content (AvgIpc) is 2.61. The molecule has 134 valence electrons. The molecule has 1 fully saturated rings. The van der Waals surface area contributed by atoms with Crippen molar-refractivity contribution in [2.45, 2.75) is 13.3 Å². The normalized spacial score (nSPS) is 16.0. The predicted molar refractivity (Wildman–Crippen MR) is 96.4 cm³/mol. The van der Waals surface area contributed by atoms with E-state index in [0.29, 0.717) is 28.6 Å². The molecular formula is C17H26ClN3O3. The predicted octanol–water partition coefficient (Wildman–Crippen LogP) is 2.32. The number of piperazine rings is 1. The fraction of sp³-hybridized carbons (Fsp3) is 0.588. The van der Waals surface area contributed by atoms with E-state index >= 15 is 0 Å². The quantitative estimate of drug-likeness (QED) is 0.813. The number of amides is 1. The van der Waals surface area contributed by atoms with E-state index in [9.17, 15) is 4.79 Å².